The van der Waals surface area contributed by atoms with Crippen molar-refractivity contribution >= 4 is 17.0 Å². The monoisotopic (exact) mass is 447 g/mol. The molecular weight excluding hydrogens is 423 g/mol. The summed E-state index contributed by atoms with van der Waals surface area (Å²) in [6.07, 6.45) is -3.24. The van der Waals surface area contributed by atoms with E-state index in [2.05, 4.69) is 10.1 Å². The summed E-state index contributed by atoms with van der Waals surface area (Å²) >= 11 is 0. The molecule has 2 aromatic heterocycles. The van der Waals surface area contributed by atoms with Crippen molar-refractivity contribution in [2.45, 2.75) is 45.4 Å². The third-order valence-corrected chi connectivity index (χ3v) is 5.74. The predicted molar refractivity (Wildman–Crippen MR) is 111 cm³/mol. The highest BCUT2D eigenvalue weighted by Gasteiger charge is 2.37. The molecule has 0 radical (unpaired) electrons. The molecule has 32 heavy (non-hydrogen) atoms. The summed E-state index contributed by atoms with van der Waals surface area (Å²) in [5.74, 6) is -0.467. The van der Waals surface area contributed by atoms with Gasteiger partial charge in [0.25, 0.3) is 11.6 Å². The highest BCUT2D eigenvalue weighted by atomic mass is 19.4. The molecule has 0 saturated carbocycles. The number of pyridine rings is 1. The smallest absolute Gasteiger partial charge is 0.377 e. The van der Waals surface area contributed by atoms with Gasteiger partial charge in [-0.05, 0) is 50.5 Å². The van der Waals surface area contributed by atoms with Crippen LogP contribution >= 0.6 is 0 Å². The molecule has 6 nitrogen and oxygen atoms in total. The standard InChI is InChI=1S/C23H24F3N3O3/c1-3-31-13-15-6-8-16(9-7-15)22(30)29-10-4-5-17(12-29)19-11-18(23(24,25)26)20-14(2)28-32-21(20)27-19/h6-9,11,17H,3-5,10,12-13H2,1-2H3. The van der Waals surface area contributed by atoms with Gasteiger partial charge in [0.15, 0.2) is 0 Å². The number of likely N-dealkylation sites (tertiary alicyclic amines) is 1. The quantitative estimate of drug-likeness (QED) is 0.544. The van der Waals surface area contributed by atoms with Crippen LogP contribution in [0, 0.1) is 6.92 Å². The molecule has 1 amide bonds. The lowest BCUT2D eigenvalue weighted by atomic mass is 9.92. The number of nitrogens with zero attached hydrogens (tertiary/aromatic N) is 3. The van der Waals surface area contributed by atoms with Gasteiger partial charge in [0.1, 0.15) is 0 Å². The van der Waals surface area contributed by atoms with Crippen LogP contribution < -0.4 is 0 Å². The van der Waals surface area contributed by atoms with E-state index in [1.807, 2.05) is 19.1 Å². The fraction of sp³-hybridized carbons (Fsp3) is 0.435. The first kappa shape index (κ1) is 22.3. The Labute approximate surface area is 183 Å². The molecular formula is C23H24F3N3O3. The third kappa shape index (κ3) is 4.48. The topological polar surface area (TPSA) is 68.5 Å². The van der Waals surface area contributed by atoms with Crippen LogP contribution in [0.2, 0.25) is 0 Å². The minimum absolute atomic E-state index is 0.114. The van der Waals surface area contributed by atoms with E-state index >= 15 is 0 Å². The lowest BCUT2D eigenvalue weighted by Crippen LogP contribution is -2.39. The minimum atomic E-state index is -4.56. The molecule has 0 N–H and O–H groups in total. The van der Waals surface area contributed by atoms with Crippen molar-refractivity contribution < 1.29 is 27.2 Å². The first-order valence-electron chi connectivity index (χ1n) is 10.6. The summed E-state index contributed by atoms with van der Waals surface area (Å²) in [7, 11) is 0. The molecule has 1 aliphatic rings. The zero-order valence-corrected chi connectivity index (χ0v) is 17.9. The van der Waals surface area contributed by atoms with E-state index in [9.17, 15) is 18.0 Å². The maximum Gasteiger partial charge on any atom is 0.417 e. The number of benzene rings is 1. The second-order valence-electron chi connectivity index (χ2n) is 7.96. The lowest BCUT2D eigenvalue weighted by Gasteiger charge is -2.32. The van der Waals surface area contributed by atoms with E-state index < -0.39 is 11.7 Å². The van der Waals surface area contributed by atoms with E-state index in [0.717, 1.165) is 11.6 Å². The van der Waals surface area contributed by atoms with Gasteiger partial charge < -0.3 is 14.2 Å². The van der Waals surface area contributed by atoms with Crippen LogP contribution in [0.4, 0.5) is 13.2 Å². The molecule has 0 aliphatic carbocycles. The molecule has 9 heteroatoms. The van der Waals surface area contributed by atoms with Gasteiger partial charge in [0.2, 0.25) is 0 Å². The van der Waals surface area contributed by atoms with Gasteiger partial charge in [-0.2, -0.15) is 13.2 Å². The van der Waals surface area contributed by atoms with Gasteiger partial charge in [-0.1, -0.05) is 17.3 Å². The predicted octanol–water partition coefficient (Wildman–Crippen LogP) is 5.11. The Kier molecular flexibility index (Phi) is 6.19. The van der Waals surface area contributed by atoms with E-state index in [0.29, 0.717) is 44.7 Å². The molecule has 1 unspecified atom stereocenters. The van der Waals surface area contributed by atoms with E-state index in [4.69, 9.17) is 9.26 Å². The van der Waals surface area contributed by atoms with E-state index in [-0.39, 0.29) is 34.3 Å². The van der Waals surface area contributed by atoms with Crippen molar-refractivity contribution in [2.24, 2.45) is 0 Å². The van der Waals surface area contributed by atoms with Crippen LogP contribution in [0.5, 0.6) is 0 Å². The Balaban J connectivity index is 1.56. The van der Waals surface area contributed by atoms with Crippen LogP contribution in [0.25, 0.3) is 11.1 Å². The van der Waals surface area contributed by atoms with Crippen LogP contribution in [-0.4, -0.2) is 40.6 Å². The maximum atomic E-state index is 13.7. The summed E-state index contributed by atoms with van der Waals surface area (Å²) in [5.41, 5.74) is 1.01. The second kappa shape index (κ2) is 8.90. The largest absolute Gasteiger partial charge is 0.417 e. The number of amides is 1. The number of halogens is 3. The maximum absolute atomic E-state index is 13.7. The number of aryl methyl sites for hydroxylation is 1. The van der Waals surface area contributed by atoms with Crippen LogP contribution in [0.15, 0.2) is 34.9 Å². The summed E-state index contributed by atoms with van der Waals surface area (Å²) in [4.78, 5) is 19.0. The van der Waals surface area contributed by atoms with E-state index in [1.165, 1.54) is 6.92 Å². The number of alkyl halides is 3. The molecule has 4 rings (SSSR count). The number of carbonyl (C=O) groups excluding carboxylic acids is 1. The van der Waals surface area contributed by atoms with Gasteiger partial charge in [-0.15, -0.1) is 0 Å². The first-order chi connectivity index (χ1) is 15.3. The zero-order valence-electron chi connectivity index (χ0n) is 17.9. The Morgan fingerprint density at radius 3 is 2.72 bits per heavy atom. The molecule has 0 spiro atoms. The molecule has 1 saturated heterocycles. The van der Waals surface area contributed by atoms with Gasteiger partial charge in [-0.25, -0.2) is 4.98 Å². The van der Waals surface area contributed by atoms with Crippen molar-refractivity contribution in [1.29, 1.82) is 0 Å². The lowest BCUT2D eigenvalue weighted by molar-refractivity contribution is -0.136. The van der Waals surface area contributed by atoms with Gasteiger partial charge in [0.05, 0.1) is 28.9 Å². The summed E-state index contributed by atoms with van der Waals surface area (Å²) in [6, 6.07) is 8.28. The molecule has 3 heterocycles. The number of carbonyl (C=O) groups is 1. The molecule has 1 aliphatic heterocycles. The van der Waals surface area contributed by atoms with Crippen molar-refractivity contribution in [2.75, 3.05) is 19.7 Å². The first-order valence-corrected chi connectivity index (χ1v) is 10.6. The van der Waals surface area contributed by atoms with Crippen molar-refractivity contribution in [3.05, 3.63) is 58.4 Å². The minimum Gasteiger partial charge on any atom is -0.377 e. The van der Waals surface area contributed by atoms with Gasteiger partial charge >= 0.3 is 6.18 Å². The Bertz CT molecular complexity index is 1110. The number of ether oxygens (including phenoxy) is 1. The summed E-state index contributed by atoms with van der Waals surface area (Å²) in [5, 5.41) is 3.54. The van der Waals surface area contributed by atoms with Crippen LogP contribution in [0.3, 0.4) is 0 Å². The molecule has 1 atom stereocenters. The fourth-order valence-corrected chi connectivity index (χ4v) is 4.10. The summed E-state index contributed by atoms with van der Waals surface area (Å²) in [6.45, 7) is 5.31. The number of rotatable bonds is 5. The van der Waals surface area contributed by atoms with Crippen LogP contribution in [-0.2, 0) is 17.5 Å². The molecule has 170 valence electrons. The molecule has 1 fully saturated rings. The third-order valence-electron chi connectivity index (χ3n) is 5.74. The fourth-order valence-electron chi connectivity index (χ4n) is 4.10. The highest BCUT2D eigenvalue weighted by molar-refractivity contribution is 5.94. The van der Waals surface area contributed by atoms with Crippen LogP contribution in [0.1, 0.15) is 58.6 Å². The van der Waals surface area contributed by atoms with Gasteiger partial charge in [0, 0.05) is 31.2 Å². The Morgan fingerprint density at radius 2 is 2.03 bits per heavy atom. The summed E-state index contributed by atoms with van der Waals surface area (Å²) < 4.78 is 51.5. The highest BCUT2D eigenvalue weighted by Crippen LogP contribution is 2.38. The molecule has 3 aromatic rings. The second-order valence-corrected chi connectivity index (χ2v) is 7.96. The number of aromatic nitrogens is 2. The average Bonchev–Trinajstić information content (AvgIpc) is 3.17. The normalized spacial score (nSPS) is 17.2. The van der Waals surface area contributed by atoms with E-state index in [1.54, 1.807) is 17.0 Å². The Hall–Kier alpha value is -2.94. The number of piperidine rings is 1. The molecule has 0 bridgehead atoms. The molecule has 1 aromatic carbocycles. The Morgan fingerprint density at radius 1 is 1.28 bits per heavy atom. The number of hydrogen-bond acceptors (Lipinski definition) is 5. The van der Waals surface area contributed by atoms with Crippen molar-refractivity contribution in [1.82, 2.24) is 15.0 Å². The van der Waals surface area contributed by atoms with Gasteiger partial charge in [-0.3, -0.25) is 4.79 Å². The van der Waals surface area contributed by atoms with Crippen molar-refractivity contribution in [3.63, 3.8) is 0 Å². The number of fused-ring (bicyclic) bond motifs is 1. The number of hydrogen-bond donors (Lipinski definition) is 0. The SMILES string of the molecule is CCOCc1ccc(C(=O)N2CCCC(c3cc(C(F)(F)F)c4c(C)noc4n3)C2)cc1. The zero-order chi connectivity index (χ0) is 22.9. The van der Waals surface area contributed by atoms with Crippen molar-refractivity contribution in [3.8, 4) is 0 Å². The average molecular weight is 447 g/mol.